The quantitative estimate of drug-likeness (QED) is 0.781. The van der Waals surface area contributed by atoms with Crippen LogP contribution < -0.4 is 14.5 Å². The van der Waals surface area contributed by atoms with Gasteiger partial charge < -0.3 is 14.5 Å². The second-order valence-corrected chi connectivity index (χ2v) is 6.70. The van der Waals surface area contributed by atoms with Gasteiger partial charge in [0.25, 0.3) is 0 Å². The molecule has 5 heteroatoms. The fourth-order valence-electron chi connectivity index (χ4n) is 3.54. The summed E-state index contributed by atoms with van der Waals surface area (Å²) >= 11 is 0. The van der Waals surface area contributed by atoms with Gasteiger partial charge in [0.15, 0.2) is 0 Å². The summed E-state index contributed by atoms with van der Waals surface area (Å²) in [5, 5.41) is 0. The standard InChI is InChI=1S/C22H26N2O3/c1-4-23(20-9-7-6-8-16(20)3)22(26)17-14-21(25)24(15-17)18-10-12-19(13-11-18)27-5-2/h6-13,17H,4-5,14-15H2,1-3H3. The molecule has 27 heavy (non-hydrogen) atoms. The lowest BCUT2D eigenvalue weighted by Gasteiger charge is -2.26. The predicted octanol–water partition coefficient (Wildman–Crippen LogP) is 3.80. The van der Waals surface area contributed by atoms with Crippen LogP contribution in [0.1, 0.15) is 25.8 Å². The number of anilines is 2. The largest absolute Gasteiger partial charge is 0.494 e. The van der Waals surface area contributed by atoms with Crippen LogP contribution in [0.4, 0.5) is 11.4 Å². The molecule has 142 valence electrons. The Hall–Kier alpha value is -2.82. The fraction of sp³-hybridized carbons (Fsp3) is 0.364. The summed E-state index contributed by atoms with van der Waals surface area (Å²) in [7, 11) is 0. The molecule has 0 aromatic heterocycles. The molecule has 1 unspecified atom stereocenters. The second-order valence-electron chi connectivity index (χ2n) is 6.70. The van der Waals surface area contributed by atoms with Gasteiger partial charge >= 0.3 is 0 Å². The third-order valence-electron chi connectivity index (χ3n) is 4.92. The zero-order valence-electron chi connectivity index (χ0n) is 16.1. The Morgan fingerprint density at radius 2 is 1.85 bits per heavy atom. The van der Waals surface area contributed by atoms with Crippen LogP contribution in [-0.4, -0.2) is 31.5 Å². The number of amides is 2. The maximum atomic E-state index is 13.1. The fourth-order valence-corrected chi connectivity index (χ4v) is 3.54. The van der Waals surface area contributed by atoms with Crippen molar-refractivity contribution in [3.63, 3.8) is 0 Å². The topological polar surface area (TPSA) is 49.9 Å². The molecule has 1 fully saturated rings. The Labute approximate surface area is 160 Å². The molecule has 0 radical (unpaired) electrons. The molecule has 1 heterocycles. The number of benzene rings is 2. The van der Waals surface area contributed by atoms with Crippen LogP contribution in [0.5, 0.6) is 5.75 Å². The normalized spacial score (nSPS) is 16.5. The average Bonchev–Trinajstić information content (AvgIpc) is 3.06. The molecule has 1 saturated heterocycles. The first kappa shape index (κ1) is 19.0. The van der Waals surface area contributed by atoms with Crippen molar-refractivity contribution in [2.24, 2.45) is 5.92 Å². The number of aryl methyl sites for hydroxylation is 1. The highest BCUT2D eigenvalue weighted by Gasteiger charge is 2.37. The Morgan fingerprint density at radius 1 is 1.15 bits per heavy atom. The van der Waals surface area contributed by atoms with E-state index in [2.05, 4.69) is 0 Å². The van der Waals surface area contributed by atoms with Crippen molar-refractivity contribution in [3.05, 3.63) is 54.1 Å². The van der Waals surface area contributed by atoms with Gasteiger partial charge in [0.2, 0.25) is 11.8 Å². The number of ether oxygens (including phenoxy) is 1. The van der Waals surface area contributed by atoms with E-state index >= 15 is 0 Å². The SMILES string of the molecule is CCOc1ccc(N2CC(C(=O)N(CC)c3ccccc3C)CC2=O)cc1. The summed E-state index contributed by atoms with van der Waals surface area (Å²) in [6, 6.07) is 15.3. The summed E-state index contributed by atoms with van der Waals surface area (Å²) in [6.07, 6.45) is 0.244. The number of rotatable bonds is 6. The van der Waals surface area contributed by atoms with Crippen LogP contribution in [0.25, 0.3) is 0 Å². The number of hydrogen-bond acceptors (Lipinski definition) is 3. The van der Waals surface area contributed by atoms with E-state index in [0.717, 1.165) is 22.7 Å². The lowest BCUT2D eigenvalue weighted by molar-refractivity contribution is -0.124. The van der Waals surface area contributed by atoms with Gasteiger partial charge in [-0.1, -0.05) is 18.2 Å². The van der Waals surface area contributed by atoms with E-state index < -0.39 is 0 Å². The van der Waals surface area contributed by atoms with Crippen LogP contribution in [0, 0.1) is 12.8 Å². The Balaban J connectivity index is 1.76. The summed E-state index contributed by atoms with van der Waals surface area (Å²) in [6.45, 7) is 7.49. The molecule has 2 aromatic carbocycles. The minimum Gasteiger partial charge on any atom is -0.494 e. The molecular weight excluding hydrogens is 340 g/mol. The molecule has 0 bridgehead atoms. The van der Waals surface area contributed by atoms with Crippen molar-refractivity contribution < 1.29 is 14.3 Å². The number of para-hydroxylation sites is 1. The molecule has 3 rings (SSSR count). The number of nitrogens with zero attached hydrogens (tertiary/aromatic N) is 2. The lowest BCUT2D eigenvalue weighted by atomic mass is 10.1. The zero-order valence-corrected chi connectivity index (χ0v) is 16.1. The molecule has 0 saturated carbocycles. The maximum Gasteiger partial charge on any atom is 0.232 e. The van der Waals surface area contributed by atoms with Crippen LogP contribution in [0.3, 0.4) is 0 Å². The molecule has 0 spiro atoms. The Kier molecular flexibility index (Phi) is 5.79. The molecule has 2 aromatic rings. The van der Waals surface area contributed by atoms with Crippen molar-refractivity contribution in [1.82, 2.24) is 0 Å². The minimum atomic E-state index is -0.330. The summed E-state index contributed by atoms with van der Waals surface area (Å²) < 4.78 is 5.45. The van der Waals surface area contributed by atoms with Gasteiger partial charge in [-0.15, -0.1) is 0 Å². The first-order valence-electron chi connectivity index (χ1n) is 9.45. The first-order chi connectivity index (χ1) is 13.0. The number of carbonyl (C=O) groups excluding carboxylic acids is 2. The second kappa shape index (κ2) is 8.25. The lowest BCUT2D eigenvalue weighted by Crippen LogP contribution is -2.37. The molecular formula is C22H26N2O3. The number of hydrogen-bond donors (Lipinski definition) is 0. The zero-order chi connectivity index (χ0) is 19.4. The summed E-state index contributed by atoms with van der Waals surface area (Å²) in [5.74, 6) is 0.438. The van der Waals surface area contributed by atoms with Gasteiger partial charge in [-0.2, -0.15) is 0 Å². The van der Waals surface area contributed by atoms with Gasteiger partial charge in [0.05, 0.1) is 12.5 Å². The van der Waals surface area contributed by atoms with Crippen molar-refractivity contribution in [3.8, 4) is 5.75 Å². The molecule has 1 aliphatic heterocycles. The van der Waals surface area contributed by atoms with Crippen molar-refractivity contribution in [2.45, 2.75) is 27.2 Å². The molecule has 5 nitrogen and oxygen atoms in total. The van der Waals surface area contributed by atoms with E-state index in [9.17, 15) is 9.59 Å². The van der Waals surface area contributed by atoms with Crippen molar-refractivity contribution >= 4 is 23.2 Å². The Bertz CT molecular complexity index is 817. The van der Waals surface area contributed by atoms with E-state index in [1.165, 1.54) is 0 Å². The van der Waals surface area contributed by atoms with Crippen LogP contribution in [0.15, 0.2) is 48.5 Å². The third-order valence-corrected chi connectivity index (χ3v) is 4.92. The smallest absolute Gasteiger partial charge is 0.232 e. The molecule has 2 amide bonds. The van der Waals surface area contributed by atoms with Crippen molar-refractivity contribution in [1.29, 1.82) is 0 Å². The van der Waals surface area contributed by atoms with Crippen molar-refractivity contribution in [2.75, 3.05) is 29.5 Å². The van der Waals surface area contributed by atoms with Crippen LogP contribution in [0.2, 0.25) is 0 Å². The van der Waals surface area contributed by atoms with Crippen LogP contribution in [-0.2, 0) is 9.59 Å². The molecule has 1 atom stereocenters. The van der Waals surface area contributed by atoms with E-state index in [0.29, 0.717) is 19.7 Å². The Morgan fingerprint density at radius 3 is 2.48 bits per heavy atom. The first-order valence-corrected chi connectivity index (χ1v) is 9.45. The van der Waals surface area contributed by atoms with Gasteiger partial charge in [-0.05, 0) is 56.7 Å². The monoisotopic (exact) mass is 366 g/mol. The van der Waals surface area contributed by atoms with E-state index in [1.54, 1.807) is 9.80 Å². The van der Waals surface area contributed by atoms with E-state index in [1.807, 2.05) is 69.3 Å². The maximum absolute atomic E-state index is 13.1. The van der Waals surface area contributed by atoms with Gasteiger partial charge in [0, 0.05) is 30.9 Å². The summed E-state index contributed by atoms with van der Waals surface area (Å²) in [4.78, 5) is 29.1. The third kappa shape index (κ3) is 3.97. The van der Waals surface area contributed by atoms with E-state index in [4.69, 9.17) is 4.74 Å². The molecule has 0 aliphatic carbocycles. The van der Waals surface area contributed by atoms with E-state index in [-0.39, 0.29) is 24.2 Å². The van der Waals surface area contributed by atoms with Gasteiger partial charge in [-0.25, -0.2) is 0 Å². The average molecular weight is 366 g/mol. The number of carbonyl (C=O) groups is 2. The summed E-state index contributed by atoms with van der Waals surface area (Å²) in [5.41, 5.74) is 2.77. The van der Waals surface area contributed by atoms with Gasteiger partial charge in [-0.3, -0.25) is 9.59 Å². The highest BCUT2D eigenvalue weighted by atomic mass is 16.5. The minimum absolute atomic E-state index is 0.00795. The predicted molar refractivity (Wildman–Crippen MR) is 107 cm³/mol. The highest BCUT2D eigenvalue weighted by molar-refractivity contribution is 6.04. The molecule has 0 N–H and O–H groups in total. The van der Waals surface area contributed by atoms with Gasteiger partial charge in [0.1, 0.15) is 5.75 Å². The highest BCUT2D eigenvalue weighted by Crippen LogP contribution is 2.30. The van der Waals surface area contributed by atoms with Crippen LogP contribution >= 0.6 is 0 Å². The molecule has 1 aliphatic rings.